The van der Waals surface area contributed by atoms with E-state index in [-0.39, 0.29) is 38.0 Å². The van der Waals surface area contributed by atoms with Crippen molar-refractivity contribution in [1.82, 2.24) is 4.90 Å². The molecule has 1 atom stereocenters. The van der Waals surface area contributed by atoms with Gasteiger partial charge >= 0.3 is 5.97 Å². The number of nitrogens with zero attached hydrogens (tertiary/aromatic N) is 1. The number of aliphatic carboxylic acids is 1. The Morgan fingerprint density at radius 1 is 1.26 bits per heavy atom. The SMILES string of the molecule is CN(C(=O)C1CCC(F)(F)CC1)[C@H](Cc1ccccc1)C(=O)O. The number of carbonyl (C=O) groups is 2. The molecule has 1 aliphatic carbocycles. The molecule has 0 aromatic heterocycles. The van der Waals surface area contributed by atoms with Crippen molar-refractivity contribution in [1.29, 1.82) is 0 Å². The molecule has 0 heterocycles. The molecule has 0 radical (unpaired) electrons. The van der Waals surface area contributed by atoms with E-state index in [1.807, 2.05) is 6.07 Å². The molecular weight excluding hydrogens is 304 g/mol. The lowest BCUT2D eigenvalue weighted by molar-refractivity contribution is -0.152. The summed E-state index contributed by atoms with van der Waals surface area (Å²) >= 11 is 0. The fourth-order valence-corrected chi connectivity index (χ4v) is 2.96. The molecule has 4 nitrogen and oxygen atoms in total. The second-order valence-corrected chi connectivity index (χ2v) is 6.12. The number of alkyl halides is 2. The Hall–Kier alpha value is -1.98. The molecule has 23 heavy (non-hydrogen) atoms. The predicted molar refractivity (Wildman–Crippen MR) is 81.2 cm³/mol. The van der Waals surface area contributed by atoms with Crippen LogP contribution < -0.4 is 0 Å². The van der Waals surface area contributed by atoms with Gasteiger partial charge in [0.15, 0.2) is 0 Å². The molecule has 1 saturated carbocycles. The highest BCUT2D eigenvalue weighted by Crippen LogP contribution is 2.37. The average Bonchev–Trinajstić information content (AvgIpc) is 2.52. The third kappa shape index (κ3) is 4.50. The lowest BCUT2D eigenvalue weighted by atomic mass is 9.85. The molecule has 1 amide bonds. The number of benzene rings is 1. The molecule has 1 N–H and O–H groups in total. The van der Waals surface area contributed by atoms with Crippen molar-refractivity contribution >= 4 is 11.9 Å². The highest BCUT2D eigenvalue weighted by atomic mass is 19.3. The minimum atomic E-state index is -2.70. The third-order valence-electron chi connectivity index (χ3n) is 4.44. The first-order valence-corrected chi connectivity index (χ1v) is 7.71. The van der Waals surface area contributed by atoms with Crippen LogP contribution in [0, 0.1) is 5.92 Å². The first kappa shape index (κ1) is 17.4. The van der Waals surface area contributed by atoms with Crippen LogP contribution >= 0.6 is 0 Å². The largest absolute Gasteiger partial charge is 0.480 e. The van der Waals surface area contributed by atoms with Crippen molar-refractivity contribution < 1.29 is 23.5 Å². The summed E-state index contributed by atoms with van der Waals surface area (Å²) < 4.78 is 26.4. The van der Waals surface area contributed by atoms with Crippen molar-refractivity contribution in [3.8, 4) is 0 Å². The van der Waals surface area contributed by atoms with Gasteiger partial charge in [0.1, 0.15) is 6.04 Å². The highest BCUT2D eigenvalue weighted by Gasteiger charge is 2.39. The number of amides is 1. The molecule has 1 fully saturated rings. The van der Waals surface area contributed by atoms with E-state index >= 15 is 0 Å². The molecule has 2 rings (SSSR count). The van der Waals surface area contributed by atoms with E-state index in [9.17, 15) is 23.5 Å². The number of halogens is 2. The maximum Gasteiger partial charge on any atom is 0.326 e. The smallest absolute Gasteiger partial charge is 0.326 e. The van der Waals surface area contributed by atoms with Gasteiger partial charge in [-0.1, -0.05) is 30.3 Å². The molecule has 0 saturated heterocycles. The lowest BCUT2D eigenvalue weighted by Crippen LogP contribution is -2.47. The van der Waals surface area contributed by atoms with Gasteiger partial charge in [0.05, 0.1) is 0 Å². The van der Waals surface area contributed by atoms with Crippen LogP contribution in [0.5, 0.6) is 0 Å². The molecule has 0 bridgehead atoms. The average molecular weight is 325 g/mol. The van der Waals surface area contributed by atoms with Gasteiger partial charge in [0.2, 0.25) is 11.8 Å². The second kappa shape index (κ2) is 7.06. The molecule has 126 valence electrons. The van der Waals surface area contributed by atoms with Crippen molar-refractivity contribution in [2.45, 2.75) is 44.1 Å². The van der Waals surface area contributed by atoms with Crippen molar-refractivity contribution in [3.63, 3.8) is 0 Å². The fraction of sp³-hybridized carbons (Fsp3) is 0.529. The lowest BCUT2D eigenvalue weighted by Gasteiger charge is -2.32. The van der Waals surface area contributed by atoms with Gasteiger partial charge in [-0.25, -0.2) is 13.6 Å². The van der Waals surface area contributed by atoms with Gasteiger partial charge in [0.25, 0.3) is 0 Å². The number of hydrogen-bond acceptors (Lipinski definition) is 2. The normalized spacial score (nSPS) is 19.1. The minimum absolute atomic E-state index is 0.105. The number of carbonyl (C=O) groups excluding carboxylic acids is 1. The summed E-state index contributed by atoms with van der Waals surface area (Å²) in [5.74, 6) is -4.67. The summed E-state index contributed by atoms with van der Waals surface area (Å²) in [6.07, 6.45) is -0.218. The van der Waals surface area contributed by atoms with Crippen molar-refractivity contribution in [3.05, 3.63) is 35.9 Å². The molecule has 1 aliphatic rings. The number of carboxylic acids is 1. The Morgan fingerprint density at radius 2 is 1.83 bits per heavy atom. The van der Waals surface area contributed by atoms with Crippen LogP contribution in [0.25, 0.3) is 0 Å². The molecule has 0 aliphatic heterocycles. The second-order valence-electron chi connectivity index (χ2n) is 6.12. The Morgan fingerprint density at radius 3 is 2.35 bits per heavy atom. The van der Waals surface area contributed by atoms with Crippen LogP contribution in [0.1, 0.15) is 31.2 Å². The molecule has 0 spiro atoms. The summed E-state index contributed by atoms with van der Waals surface area (Å²) in [5.41, 5.74) is 0.815. The Labute approximate surface area is 134 Å². The van der Waals surface area contributed by atoms with Gasteiger partial charge in [-0.3, -0.25) is 4.79 Å². The number of likely N-dealkylation sites (N-methyl/N-ethyl adjacent to an activating group) is 1. The van der Waals surface area contributed by atoms with Crippen LogP contribution in [0.15, 0.2) is 30.3 Å². The zero-order chi connectivity index (χ0) is 17.0. The Kier molecular flexibility index (Phi) is 5.34. The van der Waals surface area contributed by atoms with Crippen molar-refractivity contribution in [2.24, 2.45) is 5.92 Å². The number of hydrogen-bond donors (Lipinski definition) is 1. The zero-order valence-electron chi connectivity index (χ0n) is 13.0. The topological polar surface area (TPSA) is 57.6 Å². The van der Waals surface area contributed by atoms with Crippen LogP contribution in [-0.2, 0) is 16.0 Å². The molecule has 1 aromatic rings. The summed E-state index contributed by atoms with van der Waals surface area (Å²) in [6.45, 7) is 0. The van der Waals surface area contributed by atoms with Gasteiger partial charge in [-0.05, 0) is 18.4 Å². The van der Waals surface area contributed by atoms with E-state index in [0.717, 1.165) is 5.56 Å². The van der Waals surface area contributed by atoms with Gasteiger partial charge in [-0.15, -0.1) is 0 Å². The van der Waals surface area contributed by atoms with E-state index in [0.29, 0.717) is 0 Å². The quantitative estimate of drug-likeness (QED) is 0.905. The maximum absolute atomic E-state index is 13.2. The predicted octanol–water partition coefficient (Wildman–Crippen LogP) is 2.97. The van der Waals surface area contributed by atoms with E-state index < -0.39 is 23.9 Å². The van der Waals surface area contributed by atoms with Gasteiger partial charge in [-0.2, -0.15) is 0 Å². The first-order chi connectivity index (χ1) is 10.8. The van der Waals surface area contributed by atoms with E-state index in [2.05, 4.69) is 0 Å². The monoisotopic (exact) mass is 325 g/mol. The number of rotatable bonds is 5. The summed E-state index contributed by atoms with van der Waals surface area (Å²) in [6, 6.07) is 8.05. The van der Waals surface area contributed by atoms with Crippen LogP contribution in [0.3, 0.4) is 0 Å². The zero-order valence-corrected chi connectivity index (χ0v) is 13.0. The fourth-order valence-electron chi connectivity index (χ4n) is 2.96. The standard InChI is InChI=1S/C17H21F2NO3/c1-20(15(21)13-7-9-17(18,19)10-8-13)14(16(22)23)11-12-5-3-2-4-6-12/h2-6,13-14H,7-11H2,1H3,(H,22,23)/t14-/m1/s1. The van der Waals surface area contributed by atoms with E-state index in [1.165, 1.54) is 11.9 Å². The minimum Gasteiger partial charge on any atom is -0.480 e. The van der Waals surface area contributed by atoms with Crippen LogP contribution in [0.2, 0.25) is 0 Å². The Balaban J connectivity index is 2.04. The third-order valence-corrected chi connectivity index (χ3v) is 4.44. The van der Waals surface area contributed by atoms with E-state index in [4.69, 9.17) is 0 Å². The maximum atomic E-state index is 13.2. The summed E-state index contributed by atoms with van der Waals surface area (Å²) in [4.78, 5) is 25.2. The van der Waals surface area contributed by atoms with Crippen LogP contribution in [-0.4, -0.2) is 40.9 Å². The molecular formula is C17H21F2NO3. The summed E-state index contributed by atoms with van der Waals surface area (Å²) in [5, 5.41) is 9.42. The molecule has 1 aromatic carbocycles. The van der Waals surface area contributed by atoms with Gasteiger partial charge in [0, 0.05) is 32.2 Å². The van der Waals surface area contributed by atoms with Crippen molar-refractivity contribution in [2.75, 3.05) is 7.05 Å². The Bertz CT molecular complexity index is 552. The van der Waals surface area contributed by atoms with Gasteiger partial charge < -0.3 is 10.0 Å². The summed E-state index contributed by atoms with van der Waals surface area (Å²) in [7, 11) is 1.44. The van der Waals surface area contributed by atoms with E-state index in [1.54, 1.807) is 24.3 Å². The molecule has 6 heteroatoms. The van der Waals surface area contributed by atoms with Crippen LogP contribution in [0.4, 0.5) is 8.78 Å². The molecule has 0 unspecified atom stereocenters. The first-order valence-electron chi connectivity index (χ1n) is 7.71. The number of carboxylic acid groups (broad SMARTS) is 1. The highest BCUT2D eigenvalue weighted by molar-refractivity contribution is 5.85.